The van der Waals surface area contributed by atoms with Gasteiger partial charge in [0.1, 0.15) is 6.33 Å². The molecule has 1 aromatic heterocycles. The lowest BCUT2D eigenvalue weighted by Crippen LogP contribution is -2.31. The topological polar surface area (TPSA) is 126 Å². The summed E-state index contributed by atoms with van der Waals surface area (Å²) in [6.45, 7) is -0.0281. The van der Waals surface area contributed by atoms with Crippen LogP contribution in [0.3, 0.4) is 0 Å². The Morgan fingerprint density at radius 2 is 1.81 bits per heavy atom. The number of aromatic amines is 1. The SMILES string of the molecule is O=S(=O)(Nc1cccc(C2OC(CSc3ncn[nH]3)CC(c3ccc(CO)cc3)O2)c1)c1ccccc1. The number of hydrogen-bond donors (Lipinski definition) is 3. The Hall–Kier alpha value is -3.22. The number of benzene rings is 3. The van der Waals surface area contributed by atoms with Crippen molar-refractivity contribution >= 4 is 27.5 Å². The Morgan fingerprint density at radius 3 is 2.54 bits per heavy atom. The Balaban J connectivity index is 1.37. The minimum Gasteiger partial charge on any atom is -0.392 e. The molecule has 3 unspecified atom stereocenters. The fourth-order valence-electron chi connectivity index (χ4n) is 4.02. The molecule has 0 bridgehead atoms. The van der Waals surface area contributed by atoms with Crippen LogP contribution in [0, 0.1) is 0 Å². The highest BCUT2D eigenvalue weighted by molar-refractivity contribution is 7.99. The molecule has 0 spiro atoms. The molecule has 11 heteroatoms. The molecule has 0 amide bonds. The summed E-state index contributed by atoms with van der Waals surface area (Å²) in [5.41, 5.74) is 2.90. The van der Waals surface area contributed by atoms with Gasteiger partial charge in [0, 0.05) is 23.4 Å². The van der Waals surface area contributed by atoms with E-state index in [0.717, 1.165) is 11.1 Å². The molecule has 37 heavy (non-hydrogen) atoms. The van der Waals surface area contributed by atoms with Crippen LogP contribution in [-0.4, -0.2) is 40.6 Å². The lowest BCUT2D eigenvalue weighted by Gasteiger charge is -2.36. The summed E-state index contributed by atoms with van der Waals surface area (Å²) in [6.07, 6.45) is 0.954. The van der Waals surface area contributed by atoms with Crippen LogP contribution in [0.1, 0.15) is 35.5 Å². The van der Waals surface area contributed by atoms with Gasteiger partial charge in [-0.2, -0.15) is 5.10 Å². The van der Waals surface area contributed by atoms with Gasteiger partial charge < -0.3 is 14.6 Å². The van der Waals surface area contributed by atoms with Crippen LogP contribution in [0.4, 0.5) is 5.69 Å². The number of H-pyrrole nitrogens is 1. The van der Waals surface area contributed by atoms with Crippen LogP contribution in [0.15, 0.2) is 95.2 Å². The smallest absolute Gasteiger partial charge is 0.261 e. The number of nitrogens with zero attached hydrogens (tertiary/aromatic N) is 2. The molecular formula is C26H26N4O5S2. The van der Waals surface area contributed by atoms with E-state index in [1.807, 2.05) is 30.3 Å². The van der Waals surface area contributed by atoms with E-state index in [-0.39, 0.29) is 23.7 Å². The maximum absolute atomic E-state index is 12.8. The van der Waals surface area contributed by atoms with E-state index in [9.17, 15) is 13.5 Å². The molecule has 192 valence electrons. The zero-order chi connectivity index (χ0) is 25.7. The fourth-order valence-corrected chi connectivity index (χ4v) is 5.89. The highest BCUT2D eigenvalue weighted by Crippen LogP contribution is 2.39. The van der Waals surface area contributed by atoms with Crippen molar-refractivity contribution in [3.63, 3.8) is 0 Å². The number of sulfonamides is 1. The number of thioether (sulfide) groups is 1. The van der Waals surface area contributed by atoms with E-state index >= 15 is 0 Å². The van der Waals surface area contributed by atoms with Crippen LogP contribution < -0.4 is 4.72 Å². The van der Waals surface area contributed by atoms with E-state index in [0.29, 0.717) is 28.6 Å². The third-order valence-corrected chi connectivity index (χ3v) is 8.28. The Labute approximate surface area is 219 Å². The largest absolute Gasteiger partial charge is 0.392 e. The van der Waals surface area contributed by atoms with Gasteiger partial charge in [0.2, 0.25) is 0 Å². The van der Waals surface area contributed by atoms with Gasteiger partial charge in [0.05, 0.1) is 23.7 Å². The van der Waals surface area contributed by atoms with Gasteiger partial charge in [-0.3, -0.25) is 9.82 Å². The summed E-state index contributed by atoms with van der Waals surface area (Å²) < 4.78 is 41.0. The number of anilines is 1. The van der Waals surface area contributed by atoms with Gasteiger partial charge in [-0.25, -0.2) is 13.4 Å². The normalized spacial score (nSPS) is 20.0. The van der Waals surface area contributed by atoms with Crippen molar-refractivity contribution < 1.29 is 23.0 Å². The first-order valence-corrected chi connectivity index (χ1v) is 14.1. The summed E-state index contributed by atoms with van der Waals surface area (Å²) >= 11 is 1.51. The molecule has 1 saturated heterocycles. The molecule has 1 aliphatic rings. The number of aliphatic hydroxyl groups excluding tert-OH is 1. The van der Waals surface area contributed by atoms with Crippen molar-refractivity contribution in [2.45, 2.75) is 41.6 Å². The van der Waals surface area contributed by atoms with E-state index < -0.39 is 16.3 Å². The molecule has 3 N–H and O–H groups in total. The second kappa shape index (κ2) is 11.4. The zero-order valence-corrected chi connectivity index (χ0v) is 21.4. The Kier molecular flexibility index (Phi) is 7.87. The molecule has 1 aliphatic heterocycles. The van der Waals surface area contributed by atoms with Crippen molar-refractivity contribution in [1.29, 1.82) is 0 Å². The third-order valence-electron chi connectivity index (χ3n) is 5.88. The summed E-state index contributed by atoms with van der Waals surface area (Å²) in [5, 5.41) is 16.8. The predicted molar refractivity (Wildman–Crippen MR) is 139 cm³/mol. The number of aliphatic hydroxyl groups is 1. The van der Waals surface area contributed by atoms with Crippen molar-refractivity contribution in [1.82, 2.24) is 15.2 Å². The quantitative estimate of drug-likeness (QED) is 0.267. The van der Waals surface area contributed by atoms with Gasteiger partial charge in [0.25, 0.3) is 10.0 Å². The maximum atomic E-state index is 12.8. The van der Waals surface area contributed by atoms with Gasteiger partial charge in [-0.05, 0) is 35.4 Å². The average Bonchev–Trinajstić information content (AvgIpc) is 3.46. The minimum absolute atomic E-state index is 0.0281. The third kappa shape index (κ3) is 6.38. The van der Waals surface area contributed by atoms with Crippen LogP contribution in [0.2, 0.25) is 0 Å². The van der Waals surface area contributed by atoms with Crippen molar-refractivity contribution in [3.8, 4) is 0 Å². The zero-order valence-electron chi connectivity index (χ0n) is 19.7. The van der Waals surface area contributed by atoms with Crippen LogP contribution in [0.25, 0.3) is 0 Å². The highest BCUT2D eigenvalue weighted by atomic mass is 32.2. The predicted octanol–water partition coefficient (Wildman–Crippen LogP) is 4.44. The lowest BCUT2D eigenvalue weighted by atomic mass is 10.0. The van der Waals surface area contributed by atoms with Crippen LogP contribution >= 0.6 is 11.8 Å². The molecular weight excluding hydrogens is 512 g/mol. The maximum Gasteiger partial charge on any atom is 0.261 e. The van der Waals surface area contributed by atoms with Crippen molar-refractivity contribution in [3.05, 3.63) is 102 Å². The molecule has 2 heterocycles. The van der Waals surface area contributed by atoms with E-state index in [1.54, 1.807) is 48.5 Å². The number of ether oxygens (including phenoxy) is 2. The van der Waals surface area contributed by atoms with Crippen LogP contribution in [-0.2, 0) is 26.1 Å². The van der Waals surface area contributed by atoms with Crippen molar-refractivity contribution in [2.75, 3.05) is 10.5 Å². The Bertz CT molecular complexity index is 1400. The monoisotopic (exact) mass is 538 g/mol. The number of nitrogens with one attached hydrogen (secondary N) is 2. The van der Waals surface area contributed by atoms with E-state index in [2.05, 4.69) is 19.9 Å². The second-order valence-corrected chi connectivity index (χ2v) is 11.2. The van der Waals surface area contributed by atoms with Crippen molar-refractivity contribution in [2.24, 2.45) is 0 Å². The highest BCUT2D eigenvalue weighted by Gasteiger charge is 2.32. The minimum atomic E-state index is -3.74. The lowest BCUT2D eigenvalue weighted by molar-refractivity contribution is -0.245. The number of hydrogen-bond acceptors (Lipinski definition) is 8. The molecule has 1 fully saturated rings. The molecule has 3 aromatic carbocycles. The molecule has 0 radical (unpaired) electrons. The van der Waals surface area contributed by atoms with E-state index in [1.165, 1.54) is 18.1 Å². The molecule has 4 aromatic rings. The molecule has 9 nitrogen and oxygen atoms in total. The van der Waals surface area contributed by atoms with Gasteiger partial charge in [-0.15, -0.1) is 0 Å². The second-order valence-electron chi connectivity index (χ2n) is 8.50. The molecule has 5 rings (SSSR count). The average molecular weight is 539 g/mol. The van der Waals surface area contributed by atoms with Gasteiger partial charge in [0.15, 0.2) is 11.4 Å². The van der Waals surface area contributed by atoms with Gasteiger partial charge in [-0.1, -0.05) is 66.4 Å². The first-order valence-electron chi connectivity index (χ1n) is 11.7. The first kappa shape index (κ1) is 25.4. The van der Waals surface area contributed by atoms with E-state index in [4.69, 9.17) is 9.47 Å². The van der Waals surface area contributed by atoms with Gasteiger partial charge >= 0.3 is 0 Å². The molecule has 0 aliphatic carbocycles. The first-order chi connectivity index (χ1) is 18.0. The van der Waals surface area contributed by atoms with Crippen LogP contribution in [0.5, 0.6) is 0 Å². The fraction of sp³-hybridized carbons (Fsp3) is 0.231. The summed E-state index contributed by atoms with van der Waals surface area (Å²) in [5.74, 6) is 0.626. The standard InChI is InChI=1S/C26H26N4O5S2/c31-15-18-9-11-19(12-10-18)24-14-22(16-36-26-27-17-28-29-26)34-25(35-24)20-5-4-6-21(13-20)30-37(32,33)23-7-2-1-3-8-23/h1-13,17,22,24-25,30-31H,14-16H2,(H,27,28,29). The molecule has 3 atom stereocenters. The number of aromatic nitrogens is 3. The summed E-state index contributed by atoms with van der Waals surface area (Å²) in [7, 11) is -3.74. The molecule has 0 saturated carbocycles. The summed E-state index contributed by atoms with van der Waals surface area (Å²) in [6, 6.07) is 22.9. The summed E-state index contributed by atoms with van der Waals surface area (Å²) in [4.78, 5) is 4.35. The number of rotatable bonds is 9. The Morgan fingerprint density at radius 1 is 1.00 bits per heavy atom.